The molecule has 1 aliphatic heterocycles. The van der Waals surface area contributed by atoms with Crippen molar-refractivity contribution in [2.24, 2.45) is 0 Å². The first-order valence-corrected chi connectivity index (χ1v) is 11.9. The number of hydrogen-bond donors (Lipinski definition) is 1. The molecule has 0 radical (unpaired) electrons. The van der Waals surface area contributed by atoms with Crippen LogP contribution in [0.2, 0.25) is 0 Å². The lowest BCUT2D eigenvalue weighted by Crippen LogP contribution is -2.43. The molecule has 1 aliphatic rings. The summed E-state index contributed by atoms with van der Waals surface area (Å²) in [7, 11) is 1.86. The number of piperidine rings is 1. The van der Waals surface area contributed by atoms with E-state index in [4.69, 9.17) is 0 Å². The minimum atomic E-state index is -0.731. The highest BCUT2D eigenvalue weighted by molar-refractivity contribution is 5.93. The van der Waals surface area contributed by atoms with Crippen molar-refractivity contribution in [3.05, 3.63) is 102 Å². The Morgan fingerprint density at radius 1 is 0.909 bits per heavy atom. The number of aliphatic hydroxyl groups is 1. The maximum Gasteiger partial charge on any atom is 0.227 e. The Labute approximate surface area is 197 Å². The van der Waals surface area contributed by atoms with Crippen LogP contribution in [0.15, 0.2) is 91.0 Å². The third kappa shape index (κ3) is 5.89. The number of para-hydroxylation sites is 1. The molecule has 1 amide bonds. The molecule has 1 N–H and O–H groups in total. The molecule has 0 saturated carbocycles. The monoisotopic (exact) mass is 442 g/mol. The van der Waals surface area contributed by atoms with E-state index in [2.05, 4.69) is 29.2 Å². The molecular formula is C29H34N2O2. The second-order valence-corrected chi connectivity index (χ2v) is 9.13. The number of benzene rings is 3. The predicted octanol–water partition coefficient (Wildman–Crippen LogP) is 5.20. The number of hydrogen-bond acceptors (Lipinski definition) is 3. The Kier molecular flexibility index (Phi) is 7.58. The summed E-state index contributed by atoms with van der Waals surface area (Å²) in [6.07, 6.45) is 2.88. The summed E-state index contributed by atoms with van der Waals surface area (Å²) in [5, 5.41) is 11.1. The Morgan fingerprint density at radius 3 is 2.06 bits per heavy atom. The Balaban J connectivity index is 1.37. The van der Waals surface area contributed by atoms with Gasteiger partial charge in [-0.25, -0.2) is 0 Å². The zero-order valence-corrected chi connectivity index (χ0v) is 19.4. The fourth-order valence-electron chi connectivity index (χ4n) is 4.78. The van der Waals surface area contributed by atoms with Gasteiger partial charge >= 0.3 is 0 Å². The van der Waals surface area contributed by atoms with Gasteiger partial charge in [-0.2, -0.15) is 0 Å². The first-order valence-electron chi connectivity index (χ1n) is 11.9. The van der Waals surface area contributed by atoms with Crippen LogP contribution in [0.4, 0.5) is 5.69 Å². The van der Waals surface area contributed by atoms with Crippen molar-refractivity contribution in [2.75, 3.05) is 31.6 Å². The van der Waals surface area contributed by atoms with Gasteiger partial charge in [0, 0.05) is 32.2 Å². The highest BCUT2D eigenvalue weighted by Gasteiger charge is 2.34. The lowest BCUT2D eigenvalue weighted by molar-refractivity contribution is -0.118. The van der Waals surface area contributed by atoms with Crippen LogP contribution >= 0.6 is 0 Å². The van der Waals surface area contributed by atoms with Gasteiger partial charge in [0.05, 0.1) is 5.60 Å². The van der Waals surface area contributed by atoms with E-state index in [9.17, 15) is 9.90 Å². The van der Waals surface area contributed by atoms with E-state index >= 15 is 0 Å². The van der Waals surface area contributed by atoms with E-state index in [1.807, 2.05) is 73.8 Å². The summed E-state index contributed by atoms with van der Waals surface area (Å²) in [5.74, 6) is 0.298. The van der Waals surface area contributed by atoms with Crippen LogP contribution in [-0.4, -0.2) is 42.6 Å². The summed E-state index contributed by atoms with van der Waals surface area (Å²) in [6, 6.07) is 30.2. The molecule has 1 saturated heterocycles. The summed E-state index contributed by atoms with van der Waals surface area (Å²) in [4.78, 5) is 17.3. The van der Waals surface area contributed by atoms with Crippen molar-refractivity contribution in [1.82, 2.24) is 4.90 Å². The van der Waals surface area contributed by atoms with Crippen LogP contribution in [0.1, 0.15) is 42.7 Å². The standard InChI is InChI=1S/C29H34N2O2/c1-30(27-15-9-4-10-16-27)28(32)23-25(24-11-5-2-6-12-24)17-20-31-21-18-29(33,19-22-31)26-13-7-3-8-14-26/h2-16,25,33H,17-23H2,1H3. The molecule has 4 heteroatoms. The van der Waals surface area contributed by atoms with Gasteiger partial charge in [-0.1, -0.05) is 78.9 Å². The zero-order chi connectivity index (χ0) is 23.1. The molecule has 0 aliphatic carbocycles. The molecule has 1 fully saturated rings. The van der Waals surface area contributed by atoms with Gasteiger partial charge in [0.2, 0.25) is 5.91 Å². The summed E-state index contributed by atoms with van der Waals surface area (Å²) in [6.45, 7) is 2.66. The van der Waals surface area contributed by atoms with Crippen molar-refractivity contribution in [3.8, 4) is 0 Å². The van der Waals surface area contributed by atoms with Gasteiger partial charge in [0.25, 0.3) is 0 Å². The summed E-state index contributed by atoms with van der Waals surface area (Å²) in [5.41, 5.74) is 2.42. The van der Waals surface area contributed by atoms with Crippen LogP contribution in [0.25, 0.3) is 0 Å². The number of anilines is 1. The molecule has 1 heterocycles. The first-order chi connectivity index (χ1) is 16.0. The molecule has 3 aromatic carbocycles. The summed E-state index contributed by atoms with van der Waals surface area (Å²) >= 11 is 0. The van der Waals surface area contributed by atoms with Crippen molar-refractivity contribution >= 4 is 11.6 Å². The molecule has 0 spiro atoms. The van der Waals surface area contributed by atoms with Crippen LogP contribution < -0.4 is 4.90 Å². The number of amides is 1. The number of nitrogens with zero attached hydrogens (tertiary/aromatic N) is 2. The van der Waals surface area contributed by atoms with Crippen LogP contribution in [0, 0.1) is 0 Å². The van der Waals surface area contributed by atoms with Gasteiger partial charge in [-0.05, 0) is 55.0 Å². The Hall–Kier alpha value is -2.95. The molecule has 0 bridgehead atoms. The number of carbonyl (C=O) groups is 1. The lowest BCUT2D eigenvalue weighted by atomic mass is 9.84. The topological polar surface area (TPSA) is 43.8 Å². The molecule has 4 nitrogen and oxygen atoms in total. The van der Waals surface area contributed by atoms with Gasteiger partial charge in [0.1, 0.15) is 0 Å². The smallest absolute Gasteiger partial charge is 0.227 e. The molecule has 1 unspecified atom stereocenters. The number of carbonyl (C=O) groups excluding carboxylic acids is 1. The SMILES string of the molecule is CN(C(=O)CC(CCN1CCC(O)(c2ccccc2)CC1)c1ccccc1)c1ccccc1. The fraction of sp³-hybridized carbons (Fsp3) is 0.345. The lowest BCUT2D eigenvalue weighted by Gasteiger charge is -2.39. The van der Waals surface area contributed by atoms with Gasteiger partial charge in [0.15, 0.2) is 0 Å². The maximum absolute atomic E-state index is 13.1. The second kappa shape index (κ2) is 10.8. The normalized spacial score (nSPS) is 16.8. The molecule has 1 atom stereocenters. The fourth-order valence-corrected chi connectivity index (χ4v) is 4.78. The minimum Gasteiger partial charge on any atom is -0.385 e. The molecular weight excluding hydrogens is 408 g/mol. The third-order valence-corrected chi connectivity index (χ3v) is 7.00. The average Bonchev–Trinajstić information content (AvgIpc) is 2.88. The zero-order valence-electron chi connectivity index (χ0n) is 19.4. The van der Waals surface area contributed by atoms with Gasteiger partial charge < -0.3 is 14.9 Å². The van der Waals surface area contributed by atoms with Crippen LogP contribution in [-0.2, 0) is 10.4 Å². The maximum atomic E-state index is 13.1. The highest BCUT2D eigenvalue weighted by Crippen LogP contribution is 2.33. The predicted molar refractivity (Wildman–Crippen MR) is 134 cm³/mol. The second-order valence-electron chi connectivity index (χ2n) is 9.13. The summed E-state index contributed by atoms with van der Waals surface area (Å²) < 4.78 is 0. The van der Waals surface area contributed by atoms with E-state index in [0.717, 1.165) is 50.1 Å². The van der Waals surface area contributed by atoms with E-state index in [1.165, 1.54) is 5.56 Å². The third-order valence-electron chi connectivity index (χ3n) is 7.00. The number of likely N-dealkylation sites (tertiary alicyclic amines) is 1. The Morgan fingerprint density at radius 2 is 1.45 bits per heavy atom. The van der Waals surface area contributed by atoms with Crippen LogP contribution in [0.5, 0.6) is 0 Å². The van der Waals surface area contributed by atoms with Gasteiger partial charge in [-0.15, -0.1) is 0 Å². The number of rotatable bonds is 8. The van der Waals surface area contributed by atoms with Crippen molar-refractivity contribution in [2.45, 2.75) is 37.2 Å². The van der Waals surface area contributed by atoms with Crippen molar-refractivity contribution < 1.29 is 9.90 Å². The largest absolute Gasteiger partial charge is 0.385 e. The van der Waals surface area contributed by atoms with E-state index in [0.29, 0.717) is 6.42 Å². The molecule has 3 aromatic rings. The van der Waals surface area contributed by atoms with Crippen molar-refractivity contribution in [1.29, 1.82) is 0 Å². The first kappa shape index (κ1) is 23.2. The quantitative estimate of drug-likeness (QED) is 0.522. The van der Waals surface area contributed by atoms with Gasteiger partial charge in [-0.3, -0.25) is 4.79 Å². The minimum absolute atomic E-state index is 0.132. The van der Waals surface area contributed by atoms with Crippen molar-refractivity contribution in [3.63, 3.8) is 0 Å². The molecule has 172 valence electrons. The van der Waals surface area contributed by atoms with E-state index < -0.39 is 5.60 Å². The highest BCUT2D eigenvalue weighted by atomic mass is 16.3. The average molecular weight is 443 g/mol. The van der Waals surface area contributed by atoms with E-state index in [1.54, 1.807) is 4.90 Å². The molecule has 0 aromatic heterocycles. The van der Waals surface area contributed by atoms with Crippen LogP contribution in [0.3, 0.4) is 0 Å². The molecule has 33 heavy (non-hydrogen) atoms. The Bertz CT molecular complexity index is 1000. The molecule has 4 rings (SSSR count). The van der Waals surface area contributed by atoms with E-state index in [-0.39, 0.29) is 11.8 Å².